The highest BCUT2D eigenvalue weighted by Gasteiger charge is 2.09. The van der Waals surface area contributed by atoms with Crippen molar-refractivity contribution in [3.63, 3.8) is 0 Å². The molecule has 0 bridgehead atoms. The summed E-state index contributed by atoms with van der Waals surface area (Å²) in [6.45, 7) is 2.39. The minimum absolute atomic E-state index is 0.00307. The van der Waals surface area contributed by atoms with E-state index in [1.165, 1.54) is 0 Å². The molecule has 0 spiro atoms. The molecule has 0 aromatic rings. The second-order valence-corrected chi connectivity index (χ2v) is 7.16. The molecule has 2 N–H and O–H groups in total. The van der Waals surface area contributed by atoms with E-state index in [1.807, 2.05) is 6.92 Å². The summed E-state index contributed by atoms with van der Waals surface area (Å²) in [5.74, 6) is 0.909. The Morgan fingerprint density at radius 2 is 2.00 bits per heavy atom. The summed E-state index contributed by atoms with van der Waals surface area (Å²) in [6.07, 6.45) is 1.15. The van der Waals surface area contributed by atoms with E-state index in [1.54, 1.807) is 0 Å². The van der Waals surface area contributed by atoms with Crippen LogP contribution in [-0.4, -0.2) is 42.7 Å². The van der Waals surface area contributed by atoms with Crippen molar-refractivity contribution in [3.8, 4) is 0 Å². The van der Waals surface area contributed by atoms with Crippen molar-refractivity contribution in [1.29, 1.82) is 0 Å². The van der Waals surface area contributed by atoms with E-state index < -0.39 is 20.6 Å². The van der Waals surface area contributed by atoms with Crippen molar-refractivity contribution < 1.29 is 12.6 Å². The summed E-state index contributed by atoms with van der Waals surface area (Å²) in [7, 11) is -4.04. The van der Waals surface area contributed by atoms with Gasteiger partial charge in [-0.1, -0.05) is 6.92 Å². The smallest absolute Gasteiger partial charge is 0.148 e. The predicted octanol–water partition coefficient (Wildman–Crippen LogP) is -0.625. The number of hydrogen-bond acceptors (Lipinski definition) is 4. The largest absolute Gasteiger partial charge is 0.330 e. The van der Waals surface area contributed by atoms with Crippen LogP contribution in [0, 0.1) is 5.92 Å². The minimum Gasteiger partial charge on any atom is -0.330 e. The molecule has 0 radical (unpaired) electrons. The van der Waals surface area contributed by atoms with Crippen LogP contribution in [0.25, 0.3) is 0 Å². The summed E-state index contributed by atoms with van der Waals surface area (Å²) >= 11 is 0. The van der Waals surface area contributed by atoms with Crippen molar-refractivity contribution >= 4 is 20.6 Å². The highest BCUT2D eigenvalue weighted by Crippen LogP contribution is 1.97. The van der Waals surface area contributed by atoms with Gasteiger partial charge in [-0.2, -0.15) is 0 Å². The molecule has 2 atom stereocenters. The van der Waals surface area contributed by atoms with Gasteiger partial charge in [-0.05, 0) is 12.5 Å². The van der Waals surface area contributed by atoms with Crippen LogP contribution >= 0.6 is 0 Å². The number of sulfone groups is 1. The molecule has 13 heavy (non-hydrogen) atoms. The van der Waals surface area contributed by atoms with Gasteiger partial charge in [-0.25, -0.2) is 8.42 Å². The van der Waals surface area contributed by atoms with E-state index in [4.69, 9.17) is 5.73 Å². The van der Waals surface area contributed by atoms with Gasteiger partial charge in [0.05, 0.1) is 5.75 Å². The Hall–Kier alpha value is 0.0600. The maximum absolute atomic E-state index is 11.3. The lowest BCUT2D eigenvalue weighted by Gasteiger charge is -2.06. The number of nitrogens with two attached hydrogens (primary N) is 1. The standard InChI is InChI=1S/C7H17NO3S2/c1-7(5-8)6-12(9)3-4-13(2,10)11/h7H,3-6,8H2,1-2H3. The molecule has 0 saturated heterocycles. The van der Waals surface area contributed by atoms with Crippen molar-refractivity contribution in [2.45, 2.75) is 6.92 Å². The van der Waals surface area contributed by atoms with Gasteiger partial charge in [0.1, 0.15) is 9.84 Å². The average molecular weight is 227 g/mol. The second-order valence-electron chi connectivity index (χ2n) is 3.28. The van der Waals surface area contributed by atoms with Crippen molar-refractivity contribution in [2.24, 2.45) is 11.7 Å². The highest BCUT2D eigenvalue weighted by molar-refractivity contribution is 7.92. The van der Waals surface area contributed by atoms with Crippen LogP contribution in [-0.2, 0) is 20.6 Å². The Kier molecular flexibility index (Phi) is 5.75. The summed E-state index contributed by atoms with van der Waals surface area (Å²) in [5, 5.41) is 0. The molecule has 6 heteroatoms. The first-order valence-corrected chi connectivity index (χ1v) is 7.62. The van der Waals surface area contributed by atoms with Crippen LogP contribution in [0.3, 0.4) is 0 Å². The summed E-state index contributed by atoms with van der Waals surface area (Å²) in [5.41, 5.74) is 5.35. The molecule has 0 aromatic heterocycles. The normalized spacial score (nSPS) is 16.8. The maximum atomic E-state index is 11.3. The fourth-order valence-electron chi connectivity index (χ4n) is 0.713. The van der Waals surface area contributed by atoms with Crippen molar-refractivity contribution in [2.75, 3.05) is 30.1 Å². The molecule has 80 valence electrons. The van der Waals surface area contributed by atoms with Crippen LogP contribution in [0.15, 0.2) is 0 Å². The Bertz CT molecular complexity index is 261. The molecule has 0 heterocycles. The van der Waals surface area contributed by atoms with Gasteiger partial charge in [0.2, 0.25) is 0 Å². The van der Waals surface area contributed by atoms with Gasteiger partial charge in [0, 0.05) is 28.6 Å². The number of hydrogen-bond donors (Lipinski definition) is 1. The lowest BCUT2D eigenvalue weighted by Crippen LogP contribution is -2.21. The van der Waals surface area contributed by atoms with Crippen LogP contribution in [0.1, 0.15) is 6.92 Å². The van der Waals surface area contributed by atoms with Gasteiger partial charge in [0.15, 0.2) is 0 Å². The third-order valence-corrected chi connectivity index (χ3v) is 4.36. The Morgan fingerprint density at radius 1 is 1.46 bits per heavy atom. The fourth-order valence-corrected chi connectivity index (χ4v) is 3.61. The minimum atomic E-state index is -2.99. The summed E-state index contributed by atoms with van der Waals surface area (Å²) in [6, 6.07) is 0. The third kappa shape index (κ3) is 8.39. The SMILES string of the molecule is CC(CN)CS(=O)CCS(C)(=O)=O. The van der Waals surface area contributed by atoms with Gasteiger partial charge in [0.25, 0.3) is 0 Å². The molecule has 0 aliphatic carbocycles. The zero-order valence-corrected chi connectivity index (χ0v) is 9.66. The molecule has 0 aromatic carbocycles. The van der Waals surface area contributed by atoms with Gasteiger partial charge >= 0.3 is 0 Å². The predicted molar refractivity (Wildman–Crippen MR) is 55.8 cm³/mol. The number of rotatable bonds is 6. The Labute approximate surface area is 82.3 Å². The average Bonchev–Trinajstić information content (AvgIpc) is 1.99. The van der Waals surface area contributed by atoms with E-state index >= 15 is 0 Å². The summed E-state index contributed by atoms with van der Waals surface area (Å²) < 4.78 is 32.7. The zero-order chi connectivity index (χ0) is 10.5. The molecule has 0 fully saturated rings. The third-order valence-electron chi connectivity index (χ3n) is 1.55. The zero-order valence-electron chi connectivity index (χ0n) is 8.02. The van der Waals surface area contributed by atoms with Crippen molar-refractivity contribution in [1.82, 2.24) is 0 Å². The van der Waals surface area contributed by atoms with E-state index in [2.05, 4.69) is 0 Å². The van der Waals surface area contributed by atoms with Crippen LogP contribution in [0.2, 0.25) is 0 Å². The highest BCUT2D eigenvalue weighted by atomic mass is 32.2. The molecule has 0 amide bonds. The molecule has 0 rings (SSSR count). The fraction of sp³-hybridized carbons (Fsp3) is 1.00. The van der Waals surface area contributed by atoms with E-state index in [9.17, 15) is 12.6 Å². The lowest BCUT2D eigenvalue weighted by atomic mass is 10.2. The molecular formula is C7H17NO3S2. The first-order valence-electron chi connectivity index (χ1n) is 4.08. The van der Waals surface area contributed by atoms with Crippen LogP contribution in [0.4, 0.5) is 0 Å². The molecule has 2 unspecified atom stereocenters. The maximum Gasteiger partial charge on any atom is 0.148 e. The quantitative estimate of drug-likeness (QED) is 0.655. The first kappa shape index (κ1) is 13.1. The topological polar surface area (TPSA) is 77.2 Å². The monoisotopic (exact) mass is 227 g/mol. The van der Waals surface area contributed by atoms with Crippen LogP contribution < -0.4 is 5.73 Å². The summed E-state index contributed by atoms with van der Waals surface area (Å²) in [4.78, 5) is 0. The van der Waals surface area contributed by atoms with E-state index in [0.717, 1.165) is 6.26 Å². The van der Waals surface area contributed by atoms with E-state index in [-0.39, 0.29) is 17.4 Å². The first-order chi connectivity index (χ1) is 5.85. The van der Waals surface area contributed by atoms with E-state index in [0.29, 0.717) is 12.3 Å². The molecule has 0 saturated carbocycles. The van der Waals surface area contributed by atoms with Gasteiger partial charge in [-0.15, -0.1) is 0 Å². The van der Waals surface area contributed by atoms with Gasteiger partial charge < -0.3 is 5.73 Å². The second kappa shape index (κ2) is 5.72. The molecule has 4 nitrogen and oxygen atoms in total. The van der Waals surface area contributed by atoms with Gasteiger partial charge in [-0.3, -0.25) is 4.21 Å². The van der Waals surface area contributed by atoms with Crippen LogP contribution in [0.5, 0.6) is 0 Å². The Balaban J connectivity index is 3.77. The lowest BCUT2D eigenvalue weighted by molar-refractivity contribution is 0.602. The molecule has 0 aliphatic heterocycles. The van der Waals surface area contributed by atoms with Crippen molar-refractivity contribution in [3.05, 3.63) is 0 Å². The Morgan fingerprint density at radius 3 is 2.38 bits per heavy atom. The molecular weight excluding hydrogens is 210 g/mol. The molecule has 0 aliphatic rings.